The first-order valence-corrected chi connectivity index (χ1v) is 5.99. The van der Waals surface area contributed by atoms with Crippen molar-refractivity contribution in [2.24, 2.45) is 5.92 Å². The summed E-state index contributed by atoms with van der Waals surface area (Å²) in [6, 6.07) is -0.223. The number of hydrogen-bond donors (Lipinski definition) is 2. The third-order valence-corrected chi connectivity index (χ3v) is 2.59. The van der Waals surface area contributed by atoms with Crippen molar-refractivity contribution in [3.8, 4) is 0 Å². The van der Waals surface area contributed by atoms with Crippen molar-refractivity contribution in [2.75, 3.05) is 13.6 Å². The Kier molecular flexibility index (Phi) is 5.15. The Morgan fingerprint density at radius 1 is 1.47 bits per heavy atom. The molecule has 5 nitrogen and oxygen atoms in total. The van der Waals surface area contributed by atoms with E-state index >= 15 is 0 Å². The normalized spacial score (nSPS) is 12.8. The summed E-state index contributed by atoms with van der Waals surface area (Å²) in [6.07, 6.45) is 3.48. The zero-order valence-corrected chi connectivity index (χ0v) is 11.0. The van der Waals surface area contributed by atoms with Crippen molar-refractivity contribution in [3.05, 3.63) is 18.2 Å². The van der Waals surface area contributed by atoms with E-state index in [4.69, 9.17) is 0 Å². The van der Waals surface area contributed by atoms with E-state index < -0.39 is 0 Å². The first-order chi connectivity index (χ1) is 8.06. The topological polar surface area (TPSA) is 59.0 Å². The summed E-state index contributed by atoms with van der Waals surface area (Å²) >= 11 is 0. The van der Waals surface area contributed by atoms with Gasteiger partial charge in [-0.25, -0.2) is 4.98 Å². The fourth-order valence-corrected chi connectivity index (χ4v) is 1.58. The number of amides is 1. The van der Waals surface area contributed by atoms with Gasteiger partial charge in [0.15, 0.2) is 0 Å². The molecule has 17 heavy (non-hydrogen) atoms. The zero-order chi connectivity index (χ0) is 12.8. The second-order valence-corrected chi connectivity index (χ2v) is 4.64. The number of carbonyl (C=O) groups is 1. The molecular weight excluding hydrogens is 216 g/mol. The predicted molar refractivity (Wildman–Crippen MR) is 67.5 cm³/mol. The van der Waals surface area contributed by atoms with Crippen LogP contribution in [0.15, 0.2) is 12.5 Å². The molecule has 0 aliphatic carbocycles. The molecule has 1 aromatic heterocycles. The van der Waals surface area contributed by atoms with Crippen LogP contribution in [0.3, 0.4) is 0 Å². The number of carbonyl (C=O) groups excluding carboxylic acids is 1. The Morgan fingerprint density at radius 2 is 2.18 bits per heavy atom. The smallest absolute Gasteiger partial charge is 0.242 e. The van der Waals surface area contributed by atoms with Crippen LogP contribution in [0.2, 0.25) is 0 Å². The first kappa shape index (κ1) is 13.7. The maximum atomic E-state index is 11.9. The van der Waals surface area contributed by atoms with Crippen LogP contribution in [0.1, 0.15) is 32.5 Å². The van der Waals surface area contributed by atoms with E-state index in [1.54, 1.807) is 12.5 Å². The first-order valence-electron chi connectivity index (χ1n) is 5.99. The highest BCUT2D eigenvalue weighted by Crippen LogP contribution is 2.10. The molecular formula is C12H22N4O. The average molecular weight is 238 g/mol. The van der Waals surface area contributed by atoms with Gasteiger partial charge in [-0.1, -0.05) is 13.8 Å². The summed E-state index contributed by atoms with van der Waals surface area (Å²) in [6.45, 7) is 7.46. The van der Waals surface area contributed by atoms with E-state index in [0.717, 1.165) is 5.69 Å². The molecule has 0 saturated carbocycles. The van der Waals surface area contributed by atoms with E-state index in [0.29, 0.717) is 19.0 Å². The van der Waals surface area contributed by atoms with Crippen molar-refractivity contribution in [1.82, 2.24) is 20.2 Å². The van der Waals surface area contributed by atoms with Gasteiger partial charge in [0.2, 0.25) is 5.91 Å². The van der Waals surface area contributed by atoms with Crippen LogP contribution in [-0.4, -0.2) is 29.1 Å². The van der Waals surface area contributed by atoms with Gasteiger partial charge in [-0.2, -0.15) is 0 Å². The summed E-state index contributed by atoms with van der Waals surface area (Å²) in [4.78, 5) is 16.0. The van der Waals surface area contributed by atoms with Crippen LogP contribution in [0.4, 0.5) is 0 Å². The van der Waals surface area contributed by atoms with Crippen LogP contribution < -0.4 is 10.6 Å². The van der Waals surface area contributed by atoms with Gasteiger partial charge in [0.1, 0.15) is 6.04 Å². The number of rotatable bonds is 6. The third kappa shape index (κ3) is 3.85. The summed E-state index contributed by atoms with van der Waals surface area (Å²) in [5.74, 6) is 0.500. The molecule has 0 aliphatic heterocycles. The molecule has 1 atom stereocenters. The fourth-order valence-electron chi connectivity index (χ4n) is 1.58. The van der Waals surface area contributed by atoms with E-state index in [9.17, 15) is 4.79 Å². The lowest BCUT2D eigenvalue weighted by molar-refractivity contribution is -0.124. The Morgan fingerprint density at radius 3 is 2.76 bits per heavy atom. The number of nitrogens with one attached hydrogen (secondary N) is 2. The van der Waals surface area contributed by atoms with Gasteiger partial charge in [0, 0.05) is 19.3 Å². The molecule has 1 heterocycles. The van der Waals surface area contributed by atoms with Gasteiger partial charge < -0.3 is 15.2 Å². The Bertz CT molecular complexity index is 359. The van der Waals surface area contributed by atoms with Crippen molar-refractivity contribution in [3.63, 3.8) is 0 Å². The quantitative estimate of drug-likeness (QED) is 0.775. The van der Waals surface area contributed by atoms with E-state index in [1.165, 1.54) is 0 Å². The van der Waals surface area contributed by atoms with Gasteiger partial charge in [0.25, 0.3) is 0 Å². The standard InChI is InChI=1S/C12H22N4O/c1-9(2)5-15-12(17)10(3)16-8-14-7-11(16)6-13-4/h7-10,13H,5-6H2,1-4H3,(H,15,17). The summed E-state index contributed by atoms with van der Waals surface area (Å²) in [5.41, 5.74) is 1.01. The molecule has 1 rings (SSSR count). The largest absolute Gasteiger partial charge is 0.354 e. The van der Waals surface area contributed by atoms with Crippen molar-refractivity contribution < 1.29 is 4.79 Å². The molecule has 0 saturated heterocycles. The maximum Gasteiger partial charge on any atom is 0.242 e. The SMILES string of the molecule is CNCc1cncn1C(C)C(=O)NCC(C)C. The molecule has 0 fully saturated rings. The molecule has 2 N–H and O–H groups in total. The molecule has 0 spiro atoms. The van der Waals surface area contributed by atoms with Gasteiger partial charge >= 0.3 is 0 Å². The molecule has 1 amide bonds. The van der Waals surface area contributed by atoms with Crippen molar-refractivity contribution in [2.45, 2.75) is 33.4 Å². The Hall–Kier alpha value is -1.36. The number of hydrogen-bond acceptors (Lipinski definition) is 3. The molecule has 96 valence electrons. The molecule has 0 aromatic carbocycles. The van der Waals surface area contributed by atoms with E-state index in [2.05, 4.69) is 29.5 Å². The summed E-state index contributed by atoms with van der Waals surface area (Å²) < 4.78 is 1.90. The highest BCUT2D eigenvalue weighted by Gasteiger charge is 2.16. The fraction of sp³-hybridized carbons (Fsp3) is 0.667. The Balaban J connectivity index is 2.64. The van der Waals surface area contributed by atoms with Crippen LogP contribution >= 0.6 is 0 Å². The lowest BCUT2D eigenvalue weighted by Gasteiger charge is -2.17. The molecule has 5 heteroatoms. The average Bonchev–Trinajstić information content (AvgIpc) is 2.73. The minimum absolute atomic E-state index is 0.0362. The lowest BCUT2D eigenvalue weighted by Crippen LogP contribution is -2.34. The van der Waals surface area contributed by atoms with Crippen LogP contribution in [0.25, 0.3) is 0 Å². The molecule has 0 radical (unpaired) electrons. The number of aromatic nitrogens is 2. The highest BCUT2D eigenvalue weighted by atomic mass is 16.2. The van der Waals surface area contributed by atoms with Gasteiger partial charge in [-0.15, -0.1) is 0 Å². The highest BCUT2D eigenvalue weighted by molar-refractivity contribution is 5.79. The van der Waals surface area contributed by atoms with Gasteiger partial charge in [0.05, 0.1) is 12.0 Å². The van der Waals surface area contributed by atoms with Crippen LogP contribution in [0, 0.1) is 5.92 Å². The second-order valence-electron chi connectivity index (χ2n) is 4.64. The maximum absolute atomic E-state index is 11.9. The minimum atomic E-state index is -0.223. The predicted octanol–water partition coefficient (Wildman–Crippen LogP) is 0.936. The van der Waals surface area contributed by atoms with Crippen LogP contribution in [0.5, 0.6) is 0 Å². The zero-order valence-electron chi connectivity index (χ0n) is 11.0. The van der Waals surface area contributed by atoms with E-state index in [-0.39, 0.29) is 11.9 Å². The molecule has 0 bridgehead atoms. The summed E-state index contributed by atoms with van der Waals surface area (Å²) in [5, 5.41) is 5.99. The van der Waals surface area contributed by atoms with Crippen molar-refractivity contribution in [1.29, 1.82) is 0 Å². The minimum Gasteiger partial charge on any atom is -0.354 e. The molecule has 1 aromatic rings. The molecule has 0 aliphatic rings. The summed E-state index contributed by atoms with van der Waals surface area (Å²) in [7, 11) is 1.88. The van der Waals surface area contributed by atoms with Crippen LogP contribution in [-0.2, 0) is 11.3 Å². The van der Waals surface area contributed by atoms with Crippen molar-refractivity contribution >= 4 is 5.91 Å². The van der Waals surface area contributed by atoms with Gasteiger partial charge in [-0.05, 0) is 19.9 Å². The lowest BCUT2D eigenvalue weighted by atomic mass is 10.2. The number of nitrogens with zero attached hydrogens (tertiary/aromatic N) is 2. The van der Waals surface area contributed by atoms with E-state index in [1.807, 2.05) is 18.5 Å². The third-order valence-electron chi connectivity index (χ3n) is 2.59. The Labute approximate surface area is 103 Å². The van der Waals surface area contributed by atoms with Gasteiger partial charge in [-0.3, -0.25) is 4.79 Å². The molecule has 1 unspecified atom stereocenters. The number of imidazole rings is 1. The second kappa shape index (κ2) is 6.39. The monoisotopic (exact) mass is 238 g/mol.